The Bertz CT molecular complexity index is 400. The van der Waals surface area contributed by atoms with Gasteiger partial charge in [0.05, 0.1) is 56.4 Å². The summed E-state index contributed by atoms with van der Waals surface area (Å²) in [5.74, 6) is -1.85. The number of quaternary nitrogens is 2. The number of unbranched alkanes of at least 4 members (excludes halogenated alkanes) is 15. The molecule has 0 N–H and O–H groups in total. The molecule has 0 aliphatic carbocycles. The van der Waals surface area contributed by atoms with Crippen molar-refractivity contribution < 1.29 is 28.8 Å². The van der Waals surface area contributed by atoms with Gasteiger partial charge in [0, 0.05) is 11.9 Å². The van der Waals surface area contributed by atoms with E-state index in [0.29, 0.717) is 0 Å². The van der Waals surface area contributed by atoms with Crippen molar-refractivity contribution in [3.63, 3.8) is 0 Å². The molecule has 0 bridgehead atoms. The number of nitrogens with zero attached hydrogens (tertiary/aromatic N) is 2. The Balaban J connectivity index is -0.000000799. The van der Waals surface area contributed by atoms with Gasteiger partial charge in [-0.2, -0.15) is 0 Å². The molecular weight excluding hydrogens is 428 g/mol. The minimum Gasteiger partial charge on any atom is -0.550 e. The standard InChI is InChI=1S/C20H38O4.2C4H12N/c21-19(22)17-15-13-11-9-7-5-3-1-2-4-6-8-10-12-14-16-18-20(23)24;2*1-5(2,3)4/h1-18H2,(H,21,22)(H,23,24);2*1-4H3/q;2*+1/p-2. The van der Waals surface area contributed by atoms with E-state index in [-0.39, 0.29) is 12.8 Å². The smallest absolute Gasteiger partial charge is 0.0675 e. The van der Waals surface area contributed by atoms with E-state index in [0.717, 1.165) is 47.5 Å². The predicted molar refractivity (Wildman–Crippen MR) is 141 cm³/mol. The quantitative estimate of drug-likeness (QED) is 0.202. The second kappa shape index (κ2) is 25.0. The van der Waals surface area contributed by atoms with E-state index in [1.54, 1.807) is 0 Å². The molecule has 0 fully saturated rings. The molecule has 0 aromatic heterocycles. The summed E-state index contributed by atoms with van der Waals surface area (Å²) in [4.78, 5) is 20.5. The molecule has 0 saturated carbocycles. The normalized spacial score (nSPS) is 11.2. The molecule has 0 rings (SSSR count). The summed E-state index contributed by atoms with van der Waals surface area (Å²) < 4.78 is 2.00. The minimum absolute atomic E-state index is 0.208. The van der Waals surface area contributed by atoms with Gasteiger partial charge in [-0.3, -0.25) is 0 Å². The maximum absolute atomic E-state index is 10.2. The molecular formula is C28H60N2O4. The fraction of sp³-hybridized carbons (Fsp3) is 0.929. The van der Waals surface area contributed by atoms with E-state index in [1.807, 2.05) is 0 Å². The van der Waals surface area contributed by atoms with Crippen LogP contribution in [0.5, 0.6) is 0 Å². The lowest BCUT2D eigenvalue weighted by atomic mass is 10.0. The Kier molecular flexibility index (Phi) is 27.5. The number of rotatable bonds is 19. The molecule has 34 heavy (non-hydrogen) atoms. The number of hydrogen-bond donors (Lipinski definition) is 0. The highest BCUT2D eigenvalue weighted by Gasteiger charge is 1.95. The van der Waals surface area contributed by atoms with Crippen molar-refractivity contribution in [2.75, 3.05) is 56.4 Å². The average molecular weight is 489 g/mol. The number of carbonyl (C=O) groups is 2. The third-order valence-electron chi connectivity index (χ3n) is 4.51. The third kappa shape index (κ3) is 69.8. The Morgan fingerprint density at radius 3 is 0.618 bits per heavy atom. The van der Waals surface area contributed by atoms with Crippen LogP contribution in [-0.4, -0.2) is 77.3 Å². The lowest BCUT2D eigenvalue weighted by Crippen LogP contribution is -2.27. The number of hydrogen-bond acceptors (Lipinski definition) is 4. The van der Waals surface area contributed by atoms with Gasteiger partial charge in [-0.05, 0) is 25.7 Å². The van der Waals surface area contributed by atoms with Crippen molar-refractivity contribution in [1.82, 2.24) is 0 Å². The Hall–Kier alpha value is -1.14. The zero-order valence-electron chi connectivity index (χ0n) is 24.3. The maximum atomic E-state index is 10.2. The lowest BCUT2D eigenvalue weighted by Gasteiger charge is -2.14. The highest BCUT2D eigenvalue weighted by molar-refractivity contribution is 5.64. The van der Waals surface area contributed by atoms with Crippen LogP contribution in [0.2, 0.25) is 0 Å². The van der Waals surface area contributed by atoms with Crippen LogP contribution in [0.25, 0.3) is 0 Å². The van der Waals surface area contributed by atoms with Gasteiger partial charge in [-0.25, -0.2) is 0 Å². The van der Waals surface area contributed by atoms with Crippen LogP contribution < -0.4 is 10.2 Å². The Labute approximate surface area is 212 Å². The molecule has 6 nitrogen and oxygen atoms in total. The maximum Gasteiger partial charge on any atom is 0.0675 e. The highest BCUT2D eigenvalue weighted by Crippen LogP contribution is 2.14. The second-order valence-electron chi connectivity index (χ2n) is 12.3. The fourth-order valence-corrected chi connectivity index (χ4v) is 3.01. The van der Waals surface area contributed by atoms with Crippen LogP contribution in [0.4, 0.5) is 0 Å². The zero-order valence-corrected chi connectivity index (χ0v) is 24.3. The van der Waals surface area contributed by atoms with Crippen molar-refractivity contribution in [2.45, 2.75) is 116 Å². The SMILES string of the molecule is C[N+](C)(C)C.C[N+](C)(C)C.O=C([O-])CCCCCCCCCCCCCCCCCCC(=O)[O-]. The van der Waals surface area contributed by atoms with Crippen molar-refractivity contribution in [1.29, 1.82) is 0 Å². The monoisotopic (exact) mass is 488 g/mol. The van der Waals surface area contributed by atoms with Gasteiger partial charge in [0.15, 0.2) is 0 Å². The molecule has 0 aliphatic heterocycles. The topological polar surface area (TPSA) is 80.3 Å². The summed E-state index contributed by atoms with van der Waals surface area (Å²) in [5, 5.41) is 20.5. The van der Waals surface area contributed by atoms with Gasteiger partial charge in [-0.1, -0.05) is 89.9 Å². The van der Waals surface area contributed by atoms with Crippen molar-refractivity contribution >= 4 is 11.9 Å². The first kappa shape index (κ1) is 37.4. The molecule has 0 aliphatic rings. The molecule has 0 spiro atoms. The minimum atomic E-state index is -0.925. The average Bonchev–Trinajstić information content (AvgIpc) is 2.64. The summed E-state index contributed by atoms with van der Waals surface area (Å²) in [5.41, 5.74) is 0. The summed E-state index contributed by atoms with van der Waals surface area (Å²) in [6.45, 7) is 0. The third-order valence-corrected chi connectivity index (χ3v) is 4.51. The van der Waals surface area contributed by atoms with Gasteiger partial charge in [0.2, 0.25) is 0 Å². The van der Waals surface area contributed by atoms with Gasteiger partial charge in [0.25, 0.3) is 0 Å². The van der Waals surface area contributed by atoms with Crippen LogP contribution in [0, 0.1) is 0 Å². The molecule has 0 saturated heterocycles. The van der Waals surface area contributed by atoms with E-state index in [2.05, 4.69) is 56.4 Å². The first-order valence-corrected chi connectivity index (χ1v) is 13.6. The van der Waals surface area contributed by atoms with Crippen LogP contribution in [0.1, 0.15) is 116 Å². The number of carboxylic acid groups (broad SMARTS) is 2. The first-order chi connectivity index (χ1) is 15.6. The molecule has 0 heterocycles. The predicted octanol–water partition coefficient (Wildman–Crippen LogP) is 4.15. The first-order valence-electron chi connectivity index (χ1n) is 13.6. The molecule has 0 aromatic carbocycles. The van der Waals surface area contributed by atoms with Crippen LogP contribution >= 0.6 is 0 Å². The molecule has 206 valence electrons. The van der Waals surface area contributed by atoms with Crippen LogP contribution in [0.15, 0.2) is 0 Å². The highest BCUT2D eigenvalue weighted by atomic mass is 16.4. The van der Waals surface area contributed by atoms with E-state index in [1.165, 1.54) is 64.2 Å². The van der Waals surface area contributed by atoms with Gasteiger partial charge < -0.3 is 28.8 Å². The molecule has 0 atom stereocenters. The molecule has 0 amide bonds. The van der Waals surface area contributed by atoms with Gasteiger partial charge in [-0.15, -0.1) is 0 Å². The van der Waals surface area contributed by atoms with Crippen LogP contribution in [-0.2, 0) is 9.59 Å². The summed E-state index contributed by atoms with van der Waals surface area (Å²) in [6.07, 6.45) is 19.2. The number of aliphatic carboxylic acids is 2. The summed E-state index contributed by atoms with van der Waals surface area (Å²) in [6, 6.07) is 0. The van der Waals surface area contributed by atoms with Gasteiger partial charge in [0.1, 0.15) is 0 Å². The fourth-order valence-electron chi connectivity index (χ4n) is 3.01. The second-order valence-corrected chi connectivity index (χ2v) is 12.3. The zero-order chi connectivity index (χ0) is 26.9. The summed E-state index contributed by atoms with van der Waals surface area (Å²) >= 11 is 0. The van der Waals surface area contributed by atoms with Crippen molar-refractivity contribution in [3.05, 3.63) is 0 Å². The Morgan fingerprint density at radius 1 is 0.382 bits per heavy atom. The Morgan fingerprint density at radius 2 is 0.500 bits per heavy atom. The molecule has 0 unspecified atom stereocenters. The van der Waals surface area contributed by atoms with Gasteiger partial charge >= 0.3 is 0 Å². The van der Waals surface area contributed by atoms with Crippen molar-refractivity contribution in [3.8, 4) is 0 Å². The largest absolute Gasteiger partial charge is 0.550 e. The number of carboxylic acids is 2. The molecule has 0 radical (unpaired) electrons. The number of carbonyl (C=O) groups excluding carboxylic acids is 2. The molecule has 0 aromatic rings. The van der Waals surface area contributed by atoms with E-state index < -0.39 is 11.9 Å². The summed E-state index contributed by atoms with van der Waals surface area (Å²) in [7, 11) is 17.0. The van der Waals surface area contributed by atoms with Crippen LogP contribution in [0.3, 0.4) is 0 Å². The molecule has 6 heteroatoms. The van der Waals surface area contributed by atoms with Crippen molar-refractivity contribution in [2.24, 2.45) is 0 Å². The van der Waals surface area contributed by atoms with E-state index in [4.69, 9.17) is 0 Å². The van der Waals surface area contributed by atoms with E-state index >= 15 is 0 Å². The van der Waals surface area contributed by atoms with E-state index in [9.17, 15) is 19.8 Å². The lowest BCUT2D eigenvalue weighted by molar-refractivity contribution is -0.849.